The van der Waals surface area contributed by atoms with Crippen molar-refractivity contribution in [3.05, 3.63) is 0 Å². The van der Waals surface area contributed by atoms with Gasteiger partial charge in [-0.15, -0.1) is 0 Å². The third kappa shape index (κ3) is 1.78. The summed E-state index contributed by atoms with van der Waals surface area (Å²) < 4.78 is 25.1. The number of piperidine rings is 1. The van der Waals surface area contributed by atoms with Crippen molar-refractivity contribution in [2.45, 2.75) is 25.3 Å². The van der Waals surface area contributed by atoms with Crippen LogP contribution in [0, 0.1) is 0 Å². The molecule has 1 rings (SSSR count). The molecule has 2 atom stereocenters. The van der Waals surface area contributed by atoms with Crippen molar-refractivity contribution in [2.75, 3.05) is 6.54 Å². The van der Waals surface area contributed by atoms with Gasteiger partial charge in [0, 0.05) is 13.0 Å². The molecule has 0 aromatic heterocycles. The van der Waals surface area contributed by atoms with E-state index in [0.29, 0.717) is 4.90 Å². The van der Waals surface area contributed by atoms with E-state index in [4.69, 9.17) is 5.11 Å². The van der Waals surface area contributed by atoms with Crippen molar-refractivity contribution >= 4 is 6.09 Å². The second-order valence-electron chi connectivity index (χ2n) is 2.53. The molecule has 1 fully saturated rings. The highest BCUT2D eigenvalue weighted by Gasteiger charge is 2.31. The van der Waals surface area contributed by atoms with Crippen LogP contribution in [0.1, 0.15) is 12.8 Å². The summed E-state index contributed by atoms with van der Waals surface area (Å²) in [6, 6.07) is 0. The Kier molecular flexibility index (Phi) is 2.26. The molecule has 3 nitrogen and oxygen atoms in total. The van der Waals surface area contributed by atoms with Gasteiger partial charge in [0.1, 0.15) is 6.17 Å². The van der Waals surface area contributed by atoms with Gasteiger partial charge in [-0.3, -0.25) is 4.90 Å². The summed E-state index contributed by atoms with van der Waals surface area (Å²) in [5.41, 5.74) is 0. The number of hydrogen-bond donors (Lipinski definition) is 1. The number of amides is 1. The summed E-state index contributed by atoms with van der Waals surface area (Å²) in [5.74, 6) is 0. The molecular formula is C6H9F2NO2. The summed E-state index contributed by atoms with van der Waals surface area (Å²) in [4.78, 5) is 10.9. The van der Waals surface area contributed by atoms with Crippen LogP contribution in [0.15, 0.2) is 0 Å². The van der Waals surface area contributed by atoms with Gasteiger partial charge in [0.25, 0.3) is 0 Å². The largest absolute Gasteiger partial charge is 0.465 e. The maximum atomic E-state index is 12.7. The lowest BCUT2D eigenvalue weighted by atomic mass is 10.1. The first-order chi connectivity index (χ1) is 5.11. The highest BCUT2D eigenvalue weighted by atomic mass is 19.1. The fourth-order valence-corrected chi connectivity index (χ4v) is 1.09. The molecule has 0 saturated carbocycles. The van der Waals surface area contributed by atoms with E-state index in [1.807, 2.05) is 0 Å². The third-order valence-electron chi connectivity index (χ3n) is 1.72. The Balaban J connectivity index is 2.50. The van der Waals surface area contributed by atoms with Crippen molar-refractivity contribution in [1.29, 1.82) is 0 Å². The molecule has 1 amide bonds. The molecule has 0 aromatic carbocycles. The van der Waals surface area contributed by atoms with E-state index in [1.54, 1.807) is 0 Å². The molecule has 0 bridgehead atoms. The average Bonchev–Trinajstić information content (AvgIpc) is 1.85. The number of halogens is 2. The molecule has 1 aliphatic heterocycles. The van der Waals surface area contributed by atoms with Crippen molar-refractivity contribution in [3.8, 4) is 0 Å². The van der Waals surface area contributed by atoms with Crippen molar-refractivity contribution in [2.24, 2.45) is 0 Å². The third-order valence-corrected chi connectivity index (χ3v) is 1.72. The molecule has 2 unspecified atom stereocenters. The van der Waals surface area contributed by atoms with E-state index in [1.165, 1.54) is 0 Å². The fraction of sp³-hybridized carbons (Fsp3) is 0.833. The zero-order valence-corrected chi connectivity index (χ0v) is 5.83. The number of rotatable bonds is 0. The van der Waals surface area contributed by atoms with Gasteiger partial charge in [-0.1, -0.05) is 0 Å². The van der Waals surface area contributed by atoms with E-state index in [2.05, 4.69) is 0 Å². The Bertz CT molecular complexity index is 165. The Morgan fingerprint density at radius 1 is 1.55 bits per heavy atom. The number of hydrogen-bond acceptors (Lipinski definition) is 1. The molecule has 0 spiro atoms. The molecule has 0 aliphatic carbocycles. The molecule has 1 saturated heterocycles. The maximum absolute atomic E-state index is 12.7. The van der Waals surface area contributed by atoms with Crippen LogP contribution in [0.2, 0.25) is 0 Å². The van der Waals surface area contributed by atoms with Gasteiger partial charge in [-0.25, -0.2) is 13.6 Å². The van der Waals surface area contributed by atoms with Crippen LogP contribution in [0.4, 0.5) is 13.6 Å². The highest BCUT2D eigenvalue weighted by molar-refractivity contribution is 5.65. The Labute approximate surface area is 62.6 Å². The smallest absolute Gasteiger partial charge is 0.409 e. The molecule has 0 radical (unpaired) electrons. The average molecular weight is 165 g/mol. The minimum Gasteiger partial charge on any atom is -0.465 e. The predicted molar refractivity (Wildman–Crippen MR) is 33.8 cm³/mol. The minimum absolute atomic E-state index is 0.0440. The van der Waals surface area contributed by atoms with E-state index in [-0.39, 0.29) is 19.4 Å². The monoisotopic (exact) mass is 165 g/mol. The Morgan fingerprint density at radius 3 is 2.64 bits per heavy atom. The number of likely N-dealkylation sites (tertiary alicyclic amines) is 1. The quantitative estimate of drug-likeness (QED) is 0.551. The first kappa shape index (κ1) is 8.23. The van der Waals surface area contributed by atoms with Crippen LogP contribution in [0.25, 0.3) is 0 Å². The van der Waals surface area contributed by atoms with E-state index >= 15 is 0 Å². The second-order valence-corrected chi connectivity index (χ2v) is 2.53. The number of nitrogens with zero attached hydrogens (tertiary/aromatic N) is 1. The van der Waals surface area contributed by atoms with E-state index in [9.17, 15) is 13.6 Å². The minimum atomic E-state index is -1.67. The lowest BCUT2D eigenvalue weighted by Crippen LogP contribution is -2.43. The fourth-order valence-electron chi connectivity index (χ4n) is 1.09. The van der Waals surface area contributed by atoms with Gasteiger partial charge >= 0.3 is 6.09 Å². The Morgan fingerprint density at radius 2 is 2.18 bits per heavy atom. The topological polar surface area (TPSA) is 40.5 Å². The van der Waals surface area contributed by atoms with Crippen LogP contribution in [0.3, 0.4) is 0 Å². The summed E-state index contributed by atoms with van der Waals surface area (Å²) in [5, 5.41) is 8.36. The van der Waals surface area contributed by atoms with Gasteiger partial charge in [0.2, 0.25) is 0 Å². The van der Waals surface area contributed by atoms with Gasteiger partial charge in [-0.2, -0.15) is 0 Å². The maximum Gasteiger partial charge on any atom is 0.409 e. The van der Waals surface area contributed by atoms with Crippen LogP contribution in [-0.2, 0) is 0 Å². The zero-order chi connectivity index (χ0) is 8.43. The van der Waals surface area contributed by atoms with Crippen LogP contribution in [0.5, 0.6) is 0 Å². The molecule has 64 valence electrons. The first-order valence-electron chi connectivity index (χ1n) is 3.39. The van der Waals surface area contributed by atoms with Crippen molar-refractivity contribution in [3.63, 3.8) is 0 Å². The SMILES string of the molecule is O=C(O)N1CCC(F)CC1F. The summed E-state index contributed by atoms with van der Waals surface area (Å²) in [6.07, 6.45) is -4.40. The van der Waals surface area contributed by atoms with Crippen molar-refractivity contribution in [1.82, 2.24) is 4.90 Å². The van der Waals surface area contributed by atoms with Gasteiger partial charge < -0.3 is 5.11 Å². The van der Waals surface area contributed by atoms with Crippen LogP contribution in [-0.4, -0.2) is 35.1 Å². The normalized spacial score (nSPS) is 32.0. The number of alkyl halides is 2. The molecule has 1 heterocycles. The lowest BCUT2D eigenvalue weighted by Gasteiger charge is -2.29. The molecule has 5 heteroatoms. The summed E-state index contributed by atoms with van der Waals surface area (Å²) in [7, 11) is 0. The Hall–Kier alpha value is -0.870. The molecule has 1 N–H and O–H groups in total. The molecular weight excluding hydrogens is 156 g/mol. The van der Waals surface area contributed by atoms with Gasteiger partial charge in [-0.05, 0) is 6.42 Å². The van der Waals surface area contributed by atoms with Crippen LogP contribution >= 0.6 is 0 Å². The van der Waals surface area contributed by atoms with Crippen molar-refractivity contribution < 1.29 is 18.7 Å². The number of carbonyl (C=O) groups is 1. The van der Waals surface area contributed by atoms with Crippen LogP contribution < -0.4 is 0 Å². The van der Waals surface area contributed by atoms with E-state index < -0.39 is 18.6 Å². The summed E-state index contributed by atoms with van der Waals surface area (Å²) in [6.45, 7) is -0.0440. The predicted octanol–water partition coefficient (Wildman–Crippen LogP) is 1.39. The zero-order valence-electron chi connectivity index (χ0n) is 5.83. The van der Waals surface area contributed by atoms with Gasteiger partial charge in [0.05, 0.1) is 0 Å². The highest BCUT2D eigenvalue weighted by Crippen LogP contribution is 2.20. The lowest BCUT2D eigenvalue weighted by molar-refractivity contribution is 0.0186. The van der Waals surface area contributed by atoms with E-state index in [0.717, 1.165) is 0 Å². The molecule has 11 heavy (non-hydrogen) atoms. The number of carboxylic acid groups (broad SMARTS) is 1. The molecule has 0 aromatic rings. The standard InChI is InChI=1S/C6H9F2NO2/c7-4-1-2-9(6(10)11)5(8)3-4/h4-5H,1-3H2,(H,10,11). The molecule has 1 aliphatic rings. The summed E-state index contributed by atoms with van der Waals surface area (Å²) >= 11 is 0. The van der Waals surface area contributed by atoms with Gasteiger partial charge in [0.15, 0.2) is 6.30 Å². The first-order valence-corrected chi connectivity index (χ1v) is 3.39. The second kappa shape index (κ2) is 3.02.